The highest BCUT2D eigenvalue weighted by atomic mass is 32.2. The van der Waals surface area contributed by atoms with Crippen LogP contribution in [0.5, 0.6) is 11.6 Å². The molecule has 1 heterocycles. The second kappa shape index (κ2) is 10.5. The summed E-state index contributed by atoms with van der Waals surface area (Å²) in [6, 6.07) is 3.37. The van der Waals surface area contributed by atoms with E-state index in [9.17, 15) is 23.3 Å². The molecule has 0 saturated heterocycles. The first-order valence-corrected chi connectivity index (χ1v) is 12.5. The summed E-state index contributed by atoms with van der Waals surface area (Å²) in [4.78, 5) is 24.8. The minimum atomic E-state index is -4.10. The maximum absolute atomic E-state index is 13.0. The number of nitro benzene ring substituents is 1. The number of sulfonamides is 1. The van der Waals surface area contributed by atoms with Crippen LogP contribution in [0.15, 0.2) is 23.1 Å². The van der Waals surface area contributed by atoms with Crippen molar-refractivity contribution in [2.45, 2.75) is 64.8 Å². The van der Waals surface area contributed by atoms with Crippen LogP contribution >= 0.6 is 0 Å². The van der Waals surface area contributed by atoms with Crippen molar-refractivity contribution < 1.29 is 22.9 Å². The van der Waals surface area contributed by atoms with Gasteiger partial charge in [0.15, 0.2) is 5.69 Å². The van der Waals surface area contributed by atoms with Gasteiger partial charge in [-0.1, -0.05) is 13.8 Å². The molecule has 0 saturated carbocycles. The van der Waals surface area contributed by atoms with Crippen LogP contribution < -0.4 is 9.46 Å². The molecule has 0 bridgehead atoms. The number of hydrogen-bond donors (Lipinski definition) is 1. The summed E-state index contributed by atoms with van der Waals surface area (Å²) in [5, 5.41) is 15.8. The third-order valence-corrected chi connectivity index (χ3v) is 6.47. The van der Waals surface area contributed by atoms with Gasteiger partial charge in [0.05, 0.1) is 10.5 Å². The summed E-state index contributed by atoms with van der Waals surface area (Å²) >= 11 is 0. The van der Waals surface area contributed by atoms with Crippen molar-refractivity contribution in [2.24, 2.45) is 0 Å². The third-order valence-electron chi connectivity index (χ3n) is 4.99. The highest BCUT2D eigenvalue weighted by molar-refractivity contribution is 7.89. The minimum absolute atomic E-state index is 0.108. The van der Waals surface area contributed by atoms with Gasteiger partial charge in [-0.15, -0.1) is 0 Å². The summed E-state index contributed by atoms with van der Waals surface area (Å²) in [5.74, 6) is -0.210. The first-order valence-electron chi connectivity index (χ1n) is 11.1. The van der Waals surface area contributed by atoms with Crippen LogP contribution in [0.1, 0.15) is 63.5 Å². The predicted octanol–water partition coefficient (Wildman–Crippen LogP) is 3.82. The molecule has 0 aliphatic heterocycles. The van der Waals surface area contributed by atoms with E-state index < -0.39 is 20.5 Å². The number of carbonyl (C=O) groups is 1. The van der Waals surface area contributed by atoms with Crippen molar-refractivity contribution in [3.05, 3.63) is 39.6 Å². The smallest absolute Gasteiger partial charge is 0.274 e. The predicted molar refractivity (Wildman–Crippen MR) is 128 cm³/mol. The monoisotopic (exact) mass is 495 g/mol. The van der Waals surface area contributed by atoms with E-state index in [1.807, 2.05) is 27.7 Å². The molecule has 34 heavy (non-hydrogen) atoms. The number of ether oxygens (including phenoxy) is 1. The van der Waals surface area contributed by atoms with E-state index in [4.69, 9.17) is 4.74 Å². The maximum Gasteiger partial charge on any atom is 0.274 e. The Hall–Kier alpha value is -2.99. The number of rotatable bonds is 10. The zero-order chi connectivity index (χ0) is 25.8. The average molecular weight is 496 g/mol. The number of amides is 1. The molecule has 1 aromatic carbocycles. The summed E-state index contributed by atoms with van der Waals surface area (Å²) in [5.41, 5.74) is -0.368. The van der Waals surface area contributed by atoms with E-state index in [-0.39, 0.29) is 40.4 Å². The molecule has 2 rings (SSSR count). The molecule has 0 radical (unpaired) electrons. The van der Waals surface area contributed by atoms with Crippen LogP contribution in [0, 0.1) is 17.0 Å². The van der Waals surface area contributed by atoms with Gasteiger partial charge in [-0.25, -0.2) is 17.8 Å². The lowest BCUT2D eigenvalue weighted by molar-refractivity contribution is -0.385. The maximum atomic E-state index is 13.0. The molecule has 11 nitrogen and oxygen atoms in total. The van der Waals surface area contributed by atoms with Crippen LogP contribution in [0.4, 0.5) is 5.69 Å². The van der Waals surface area contributed by atoms with Crippen molar-refractivity contribution in [2.75, 3.05) is 20.1 Å². The van der Waals surface area contributed by atoms with Gasteiger partial charge < -0.3 is 9.64 Å². The molecule has 0 spiro atoms. The van der Waals surface area contributed by atoms with Crippen LogP contribution in [0.3, 0.4) is 0 Å². The second-order valence-electron chi connectivity index (χ2n) is 8.98. The molecule has 0 unspecified atom stereocenters. The van der Waals surface area contributed by atoms with E-state index in [1.165, 1.54) is 16.8 Å². The molecule has 188 valence electrons. The van der Waals surface area contributed by atoms with E-state index in [0.717, 1.165) is 12.5 Å². The van der Waals surface area contributed by atoms with Gasteiger partial charge in [0.2, 0.25) is 15.9 Å². The Kier molecular flexibility index (Phi) is 8.43. The zero-order valence-electron chi connectivity index (χ0n) is 20.7. The van der Waals surface area contributed by atoms with E-state index in [2.05, 4.69) is 9.82 Å². The fourth-order valence-electron chi connectivity index (χ4n) is 3.20. The van der Waals surface area contributed by atoms with Crippen molar-refractivity contribution in [1.29, 1.82) is 0 Å². The number of nitro groups is 1. The van der Waals surface area contributed by atoms with Gasteiger partial charge in [0.25, 0.3) is 11.6 Å². The van der Waals surface area contributed by atoms with Crippen molar-refractivity contribution in [3.8, 4) is 11.6 Å². The summed E-state index contributed by atoms with van der Waals surface area (Å²) in [6.45, 7) is 11.7. The fourth-order valence-corrected chi connectivity index (χ4v) is 4.48. The standard InChI is InChI=1S/C22H33N5O6S/c1-8-12-23-34(31,32)18-14-16(27(29)30)10-11-17(18)33-21-15(3)19(20(28)25(7)13-9-2)24-26(21)22(4,5)6/h10-11,14,23H,8-9,12-13H2,1-7H3. The Morgan fingerprint density at radius 2 is 1.91 bits per heavy atom. The van der Waals surface area contributed by atoms with E-state index in [0.29, 0.717) is 18.5 Å². The molecule has 0 aliphatic rings. The Bertz CT molecular complexity index is 1170. The van der Waals surface area contributed by atoms with Crippen molar-refractivity contribution in [3.63, 3.8) is 0 Å². The average Bonchev–Trinajstić information content (AvgIpc) is 3.08. The van der Waals surface area contributed by atoms with Gasteiger partial charge in [0, 0.05) is 37.8 Å². The van der Waals surface area contributed by atoms with Crippen molar-refractivity contribution >= 4 is 21.6 Å². The molecule has 0 atom stereocenters. The molecule has 2 aromatic rings. The van der Waals surface area contributed by atoms with E-state index >= 15 is 0 Å². The van der Waals surface area contributed by atoms with Crippen molar-refractivity contribution in [1.82, 2.24) is 19.4 Å². The summed E-state index contributed by atoms with van der Waals surface area (Å²) in [7, 11) is -2.42. The lowest BCUT2D eigenvalue weighted by Crippen LogP contribution is -2.29. The lowest BCUT2D eigenvalue weighted by atomic mass is 10.1. The first kappa shape index (κ1) is 27.3. The lowest BCUT2D eigenvalue weighted by Gasteiger charge is -2.23. The van der Waals surface area contributed by atoms with Crippen LogP contribution in [0.25, 0.3) is 0 Å². The van der Waals surface area contributed by atoms with Gasteiger partial charge in [0.1, 0.15) is 10.6 Å². The van der Waals surface area contributed by atoms with Gasteiger partial charge >= 0.3 is 0 Å². The molecule has 0 fully saturated rings. The Morgan fingerprint density at radius 1 is 1.26 bits per heavy atom. The van der Waals surface area contributed by atoms with E-state index in [1.54, 1.807) is 25.8 Å². The quantitative estimate of drug-likeness (QED) is 0.391. The van der Waals surface area contributed by atoms with Crippen LogP contribution in [-0.2, 0) is 15.6 Å². The number of nitrogens with zero attached hydrogens (tertiary/aromatic N) is 4. The molecular formula is C22H33N5O6S. The third kappa shape index (κ3) is 5.92. The number of non-ortho nitro benzene ring substituents is 1. The van der Waals surface area contributed by atoms with Crippen LogP contribution in [0.2, 0.25) is 0 Å². The topological polar surface area (TPSA) is 137 Å². The minimum Gasteiger partial charge on any atom is -0.438 e. The second-order valence-corrected chi connectivity index (χ2v) is 10.7. The number of nitrogens with one attached hydrogen (secondary N) is 1. The van der Waals surface area contributed by atoms with Gasteiger partial charge in [-0.3, -0.25) is 14.9 Å². The Labute approximate surface area is 200 Å². The molecule has 12 heteroatoms. The normalized spacial score (nSPS) is 12.0. The fraction of sp³-hybridized carbons (Fsp3) is 0.545. The summed E-state index contributed by atoms with van der Waals surface area (Å²) in [6.07, 6.45) is 1.32. The SMILES string of the molecule is CCCNS(=O)(=O)c1cc([N+](=O)[O-])ccc1Oc1c(C)c(C(=O)N(C)CCC)nn1C(C)(C)C. The highest BCUT2D eigenvalue weighted by Gasteiger charge is 2.31. The van der Waals surface area contributed by atoms with Gasteiger partial charge in [-0.2, -0.15) is 5.10 Å². The highest BCUT2D eigenvalue weighted by Crippen LogP contribution is 2.36. The molecule has 0 aliphatic carbocycles. The molecule has 1 N–H and O–H groups in total. The Morgan fingerprint density at radius 3 is 2.44 bits per heavy atom. The first-order chi connectivity index (χ1) is 15.7. The molecule has 1 amide bonds. The van der Waals surface area contributed by atoms with Gasteiger partial charge in [-0.05, 0) is 46.6 Å². The number of carbonyl (C=O) groups excluding carboxylic acids is 1. The number of benzene rings is 1. The number of aromatic nitrogens is 2. The number of hydrogen-bond acceptors (Lipinski definition) is 7. The molecule has 1 aromatic heterocycles. The molecular weight excluding hydrogens is 462 g/mol. The largest absolute Gasteiger partial charge is 0.438 e. The zero-order valence-corrected chi connectivity index (χ0v) is 21.5. The van der Waals surface area contributed by atoms with Crippen LogP contribution in [-0.4, -0.2) is 54.1 Å². The Balaban J connectivity index is 2.68. The summed E-state index contributed by atoms with van der Waals surface area (Å²) < 4.78 is 35.8.